The summed E-state index contributed by atoms with van der Waals surface area (Å²) in [6.07, 6.45) is -1.24. The minimum atomic E-state index is -1.29. The van der Waals surface area contributed by atoms with Crippen LogP contribution < -0.4 is 10.7 Å². The van der Waals surface area contributed by atoms with Crippen molar-refractivity contribution >= 4 is 11.8 Å². The molecular formula is C22H23F2N3O6. The van der Waals surface area contributed by atoms with Crippen molar-refractivity contribution in [2.75, 3.05) is 26.8 Å². The number of nitrogens with one attached hydrogen (secondary N) is 1. The van der Waals surface area contributed by atoms with Crippen LogP contribution in [0.4, 0.5) is 8.78 Å². The summed E-state index contributed by atoms with van der Waals surface area (Å²) in [5.41, 5.74) is -3.09. The number of benzene rings is 1. The lowest BCUT2D eigenvalue weighted by Crippen LogP contribution is -2.55. The van der Waals surface area contributed by atoms with Gasteiger partial charge in [-0.3, -0.25) is 14.4 Å². The van der Waals surface area contributed by atoms with Crippen LogP contribution in [0.5, 0.6) is 5.75 Å². The predicted octanol–water partition coefficient (Wildman–Crippen LogP) is 1.02. The Morgan fingerprint density at radius 2 is 2.06 bits per heavy atom. The minimum Gasteiger partial charge on any atom is -0.503 e. The number of likely N-dealkylation sites (N-methyl/N-ethyl adjacent to an activating group) is 1. The molecule has 4 rings (SSSR count). The number of ether oxygens (including phenoxy) is 1. The number of aliphatic hydroxyl groups excluding tert-OH is 1. The zero-order valence-electron chi connectivity index (χ0n) is 18.0. The van der Waals surface area contributed by atoms with Crippen molar-refractivity contribution in [3.63, 3.8) is 0 Å². The number of amides is 2. The second kappa shape index (κ2) is 8.23. The number of aromatic nitrogens is 1. The number of halogens is 2. The van der Waals surface area contributed by atoms with Crippen LogP contribution in [0.1, 0.15) is 51.6 Å². The van der Waals surface area contributed by atoms with Gasteiger partial charge in [-0.25, -0.2) is 8.78 Å². The fraction of sp³-hybridized carbons (Fsp3) is 0.409. The molecule has 2 aromatic rings. The van der Waals surface area contributed by atoms with E-state index < -0.39 is 51.8 Å². The van der Waals surface area contributed by atoms with Crippen molar-refractivity contribution in [1.29, 1.82) is 0 Å². The van der Waals surface area contributed by atoms with Gasteiger partial charge in [0.1, 0.15) is 17.2 Å². The molecule has 0 bridgehead atoms. The van der Waals surface area contributed by atoms with Gasteiger partial charge in [0.25, 0.3) is 11.8 Å². The Kier molecular flexibility index (Phi) is 5.71. The molecule has 2 unspecified atom stereocenters. The summed E-state index contributed by atoms with van der Waals surface area (Å²) in [5.74, 6) is -4.14. The van der Waals surface area contributed by atoms with Gasteiger partial charge in [0, 0.05) is 44.8 Å². The number of carbonyl (C=O) groups excluding carboxylic acids is 2. The number of pyridine rings is 1. The summed E-state index contributed by atoms with van der Waals surface area (Å²) >= 11 is 0. The zero-order valence-corrected chi connectivity index (χ0v) is 18.0. The maximum atomic E-state index is 13.9. The van der Waals surface area contributed by atoms with Gasteiger partial charge in [-0.15, -0.1) is 0 Å². The van der Waals surface area contributed by atoms with Crippen molar-refractivity contribution in [2.45, 2.75) is 31.5 Å². The Labute approximate surface area is 187 Å². The molecule has 9 nitrogen and oxygen atoms in total. The SMILES string of the molecule is CCN1CC2(COC)CC(O)c3c(C(=O)NCc4ccc(F)cc4F)c(=O)c(O)c(n32)C1=O. The molecule has 0 aliphatic carbocycles. The van der Waals surface area contributed by atoms with E-state index in [1.165, 1.54) is 16.6 Å². The third-order valence-electron chi connectivity index (χ3n) is 6.20. The van der Waals surface area contributed by atoms with Crippen molar-refractivity contribution in [3.8, 4) is 5.75 Å². The number of hydrogen-bond acceptors (Lipinski definition) is 6. The maximum absolute atomic E-state index is 13.9. The molecule has 0 fully saturated rings. The van der Waals surface area contributed by atoms with Crippen LogP contribution in [0.3, 0.4) is 0 Å². The first kappa shape index (κ1) is 22.9. The van der Waals surface area contributed by atoms with Gasteiger partial charge in [-0.05, 0) is 13.0 Å². The van der Waals surface area contributed by atoms with E-state index in [0.29, 0.717) is 12.6 Å². The molecule has 2 aliphatic rings. The third kappa shape index (κ3) is 3.47. The molecule has 1 aromatic heterocycles. The average molecular weight is 463 g/mol. The summed E-state index contributed by atoms with van der Waals surface area (Å²) in [4.78, 5) is 40.4. The van der Waals surface area contributed by atoms with Crippen LogP contribution in [0.2, 0.25) is 0 Å². The van der Waals surface area contributed by atoms with Crippen LogP contribution in [-0.4, -0.2) is 58.3 Å². The standard InChI is InChI=1S/C22H23F2N3O6/c1-3-26-9-22(10-33-2)7-14(28)16-15(18(29)19(30)17(21(26)32)27(16)22)20(31)25-8-11-4-5-12(23)6-13(11)24/h4-6,14,28,30H,3,7-10H2,1-2H3,(H,25,31). The number of hydrogen-bond donors (Lipinski definition) is 3. The molecule has 33 heavy (non-hydrogen) atoms. The molecule has 0 saturated carbocycles. The largest absolute Gasteiger partial charge is 0.503 e. The summed E-state index contributed by atoms with van der Waals surface area (Å²) in [7, 11) is 1.44. The van der Waals surface area contributed by atoms with E-state index in [1.807, 2.05) is 0 Å². The normalized spacial score (nSPS) is 21.3. The van der Waals surface area contributed by atoms with E-state index in [4.69, 9.17) is 4.74 Å². The summed E-state index contributed by atoms with van der Waals surface area (Å²) < 4.78 is 33.8. The summed E-state index contributed by atoms with van der Waals surface area (Å²) in [6.45, 7) is 1.88. The van der Waals surface area contributed by atoms with Crippen molar-refractivity contribution in [3.05, 3.63) is 62.6 Å². The topological polar surface area (TPSA) is 121 Å². The predicted molar refractivity (Wildman–Crippen MR) is 111 cm³/mol. The van der Waals surface area contributed by atoms with Crippen LogP contribution in [0.25, 0.3) is 0 Å². The monoisotopic (exact) mass is 463 g/mol. The smallest absolute Gasteiger partial charge is 0.274 e. The highest BCUT2D eigenvalue weighted by atomic mass is 19.1. The van der Waals surface area contributed by atoms with Gasteiger partial charge in [-0.2, -0.15) is 0 Å². The number of carbonyl (C=O) groups is 2. The number of methoxy groups -OCH3 is 1. The van der Waals surface area contributed by atoms with E-state index in [2.05, 4.69) is 5.32 Å². The average Bonchev–Trinajstić information content (AvgIpc) is 3.04. The Bertz CT molecular complexity index is 1210. The van der Waals surface area contributed by atoms with Gasteiger partial charge in [-0.1, -0.05) is 6.07 Å². The molecule has 3 N–H and O–H groups in total. The van der Waals surface area contributed by atoms with Crippen LogP contribution in [0, 0.1) is 11.6 Å². The summed E-state index contributed by atoms with van der Waals surface area (Å²) in [5, 5.41) is 23.9. The Hall–Kier alpha value is -3.31. The van der Waals surface area contributed by atoms with Crippen LogP contribution in [0.15, 0.2) is 23.0 Å². The molecule has 2 atom stereocenters. The molecule has 0 saturated heterocycles. The van der Waals surface area contributed by atoms with Gasteiger partial charge < -0.3 is 29.7 Å². The van der Waals surface area contributed by atoms with E-state index in [9.17, 15) is 33.4 Å². The first-order chi connectivity index (χ1) is 15.6. The molecule has 2 amide bonds. The molecule has 2 aliphatic heterocycles. The number of nitrogens with zero attached hydrogens (tertiary/aromatic N) is 2. The lowest BCUT2D eigenvalue weighted by molar-refractivity contribution is 0.0214. The lowest BCUT2D eigenvalue weighted by atomic mass is 9.93. The quantitative estimate of drug-likeness (QED) is 0.588. The lowest BCUT2D eigenvalue weighted by Gasteiger charge is -2.42. The van der Waals surface area contributed by atoms with E-state index in [-0.39, 0.29) is 43.1 Å². The number of aromatic hydroxyl groups is 1. The number of rotatable bonds is 6. The van der Waals surface area contributed by atoms with E-state index in [0.717, 1.165) is 12.1 Å². The highest BCUT2D eigenvalue weighted by molar-refractivity contribution is 6.00. The first-order valence-electron chi connectivity index (χ1n) is 10.4. The molecule has 0 spiro atoms. The highest BCUT2D eigenvalue weighted by Gasteiger charge is 2.53. The Morgan fingerprint density at radius 1 is 1.33 bits per heavy atom. The van der Waals surface area contributed by atoms with E-state index >= 15 is 0 Å². The maximum Gasteiger partial charge on any atom is 0.274 e. The van der Waals surface area contributed by atoms with Gasteiger partial charge in [0.2, 0.25) is 5.43 Å². The van der Waals surface area contributed by atoms with Crippen LogP contribution in [-0.2, 0) is 16.8 Å². The molecule has 1 aromatic carbocycles. The Balaban J connectivity index is 1.83. The highest BCUT2D eigenvalue weighted by Crippen LogP contribution is 2.46. The Morgan fingerprint density at radius 3 is 2.70 bits per heavy atom. The zero-order chi connectivity index (χ0) is 24.1. The van der Waals surface area contributed by atoms with Crippen molar-refractivity contribution < 1.29 is 33.3 Å². The van der Waals surface area contributed by atoms with Crippen LogP contribution >= 0.6 is 0 Å². The second-order valence-corrected chi connectivity index (χ2v) is 8.24. The molecule has 11 heteroatoms. The van der Waals surface area contributed by atoms with Crippen molar-refractivity contribution in [1.82, 2.24) is 14.8 Å². The van der Waals surface area contributed by atoms with E-state index in [1.54, 1.807) is 6.92 Å². The molecule has 176 valence electrons. The second-order valence-electron chi connectivity index (χ2n) is 8.24. The minimum absolute atomic E-state index is 0.0218. The van der Waals surface area contributed by atoms with Crippen molar-refractivity contribution in [2.24, 2.45) is 0 Å². The fourth-order valence-corrected chi connectivity index (χ4v) is 4.79. The number of aliphatic hydroxyl groups is 1. The molecule has 0 radical (unpaired) electrons. The van der Waals surface area contributed by atoms with Gasteiger partial charge in [0.15, 0.2) is 11.4 Å². The first-order valence-corrected chi connectivity index (χ1v) is 10.4. The summed E-state index contributed by atoms with van der Waals surface area (Å²) in [6, 6.07) is 2.84. The van der Waals surface area contributed by atoms with Gasteiger partial charge >= 0.3 is 0 Å². The third-order valence-corrected chi connectivity index (χ3v) is 6.20. The fourth-order valence-electron chi connectivity index (χ4n) is 4.79. The molecule has 3 heterocycles. The molecular weight excluding hydrogens is 440 g/mol. The van der Waals surface area contributed by atoms with Gasteiger partial charge in [0.05, 0.1) is 23.9 Å².